The molecule has 0 spiro atoms. The van der Waals surface area contributed by atoms with Crippen LogP contribution in [-0.2, 0) is 0 Å². The summed E-state index contributed by atoms with van der Waals surface area (Å²) in [6.45, 7) is 6.26. The maximum absolute atomic E-state index is 6.32. The summed E-state index contributed by atoms with van der Waals surface area (Å²) in [5.41, 5.74) is 9.74. The molecule has 1 unspecified atom stereocenters. The fraction of sp³-hybridized carbons (Fsp3) is 0.286. The molecule has 0 bridgehead atoms. The first-order valence-corrected chi connectivity index (χ1v) is 6.76. The van der Waals surface area contributed by atoms with Crippen LogP contribution in [-0.4, -0.2) is 0 Å². The molecule has 1 atom stereocenters. The van der Waals surface area contributed by atoms with Crippen LogP contribution in [0.3, 0.4) is 0 Å². The molecule has 0 fully saturated rings. The van der Waals surface area contributed by atoms with Crippen molar-refractivity contribution in [1.82, 2.24) is 0 Å². The standard InChI is InChI=1S/C14H16ClNS/c1-8-4-11(7-12(15)5-8)14(16)13-6-9(2)17-10(13)3/h4-7,14H,16H2,1-3H3. The van der Waals surface area contributed by atoms with Gasteiger partial charge in [0, 0.05) is 14.8 Å². The van der Waals surface area contributed by atoms with E-state index in [9.17, 15) is 0 Å². The van der Waals surface area contributed by atoms with Crippen LogP contribution in [0.4, 0.5) is 0 Å². The van der Waals surface area contributed by atoms with Crippen LogP contribution in [0.2, 0.25) is 5.02 Å². The summed E-state index contributed by atoms with van der Waals surface area (Å²) >= 11 is 7.86. The van der Waals surface area contributed by atoms with E-state index in [1.54, 1.807) is 11.3 Å². The molecule has 17 heavy (non-hydrogen) atoms. The molecule has 2 N–H and O–H groups in total. The average Bonchev–Trinajstić information content (AvgIpc) is 2.55. The van der Waals surface area contributed by atoms with E-state index in [4.69, 9.17) is 17.3 Å². The Morgan fingerprint density at radius 1 is 1.12 bits per heavy atom. The molecular weight excluding hydrogens is 250 g/mol. The van der Waals surface area contributed by atoms with Gasteiger partial charge in [0.25, 0.3) is 0 Å². The van der Waals surface area contributed by atoms with Gasteiger partial charge in [-0.3, -0.25) is 0 Å². The van der Waals surface area contributed by atoms with Gasteiger partial charge >= 0.3 is 0 Å². The summed E-state index contributed by atoms with van der Waals surface area (Å²) < 4.78 is 0. The molecule has 2 aromatic rings. The van der Waals surface area contributed by atoms with Crippen LogP contribution >= 0.6 is 22.9 Å². The molecule has 1 nitrogen and oxygen atoms in total. The van der Waals surface area contributed by atoms with Gasteiger partial charge in [-0.25, -0.2) is 0 Å². The maximum atomic E-state index is 6.32. The molecule has 0 radical (unpaired) electrons. The SMILES string of the molecule is Cc1cc(Cl)cc(C(N)c2cc(C)sc2C)c1. The lowest BCUT2D eigenvalue weighted by Crippen LogP contribution is -2.12. The highest BCUT2D eigenvalue weighted by atomic mass is 35.5. The van der Waals surface area contributed by atoms with Gasteiger partial charge in [-0.2, -0.15) is 0 Å². The molecular formula is C14H16ClNS. The summed E-state index contributed by atoms with van der Waals surface area (Å²) in [7, 11) is 0. The zero-order valence-electron chi connectivity index (χ0n) is 10.3. The molecule has 2 rings (SSSR count). The molecule has 0 aliphatic carbocycles. The minimum Gasteiger partial charge on any atom is -0.320 e. The highest BCUT2D eigenvalue weighted by molar-refractivity contribution is 7.12. The van der Waals surface area contributed by atoms with E-state index in [1.165, 1.54) is 15.3 Å². The fourth-order valence-electron chi connectivity index (χ4n) is 2.08. The molecule has 1 aromatic heterocycles. The molecule has 0 saturated heterocycles. The van der Waals surface area contributed by atoms with Crippen LogP contribution in [0.15, 0.2) is 24.3 Å². The molecule has 0 aliphatic heterocycles. The lowest BCUT2D eigenvalue weighted by atomic mass is 9.98. The maximum Gasteiger partial charge on any atom is 0.0563 e. The van der Waals surface area contributed by atoms with Gasteiger partial charge in [-0.05, 0) is 55.7 Å². The number of hydrogen-bond donors (Lipinski definition) is 1. The van der Waals surface area contributed by atoms with E-state index in [0.29, 0.717) is 0 Å². The summed E-state index contributed by atoms with van der Waals surface area (Å²) in [5, 5.41) is 0.750. The van der Waals surface area contributed by atoms with E-state index in [2.05, 4.69) is 26.0 Å². The molecule has 0 aliphatic rings. The normalized spacial score (nSPS) is 12.8. The quantitative estimate of drug-likeness (QED) is 0.857. The molecule has 0 saturated carbocycles. The second-order valence-electron chi connectivity index (χ2n) is 4.41. The van der Waals surface area contributed by atoms with Gasteiger partial charge < -0.3 is 5.73 Å². The third kappa shape index (κ3) is 2.71. The first-order chi connectivity index (χ1) is 7.97. The average molecular weight is 266 g/mol. The molecule has 90 valence electrons. The summed E-state index contributed by atoms with van der Waals surface area (Å²) in [6, 6.07) is 8.08. The monoisotopic (exact) mass is 265 g/mol. The van der Waals surface area contributed by atoms with Crippen LogP contribution in [0.25, 0.3) is 0 Å². The van der Waals surface area contributed by atoms with Crippen LogP contribution in [0, 0.1) is 20.8 Å². The van der Waals surface area contributed by atoms with E-state index in [-0.39, 0.29) is 6.04 Å². The Balaban J connectivity index is 2.43. The molecule has 1 heterocycles. The summed E-state index contributed by atoms with van der Waals surface area (Å²) in [6.07, 6.45) is 0. The molecule has 3 heteroatoms. The minimum absolute atomic E-state index is 0.0858. The highest BCUT2D eigenvalue weighted by Gasteiger charge is 2.14. The van der Waals surface area contributed by atoms with Gasteiger partial charge in [0.15, 0.2) is 0 Å². The van der Waals surface area contributed by atoms with E-state index in [0.717, 1.165) is 16.1 Å². The van der Waals surface area contributed by atoms with Crippen molar-refractivity contribution in [3.8, 4) is 0 Å². The highest BCUT2D eigenvalue weighted by Crippen LogP contribution is 2.30. The van der Waals surface area contributed by atoms with Gasteiger partial charge in [0.05, 0.1) is 6.04 Å². The van der Waals surface area contributed by atoms with Crippen LogP contribution in [0.5, 0.6) is 0 Å². The first-order valence-electron chi connectivity index (χ1n) is 5.57. The van der Waals surface area contributed by atoms with Gasteiger partial charge in [0.2, 0.25) is 0 Å². The zero-order valence-corrected chi connectivity index (χ0v) is 11.8. The van der Waals surface area contributed by atoms with E-state index < -0.39 is 0 Å². The summed E-state index contributed by atoms with van der Waals surface area (Å²) in [4.78, 5) is 2.58. The third-order valence-electron chi connectivity index (χ3n) is 2.84. The Hall–Kier alpha value is -0.830. The largest absolute Gasteiger partial charge is 0.320 e. The van der Waals surface area contributed by atoms with Crippen molar-refractivity contribution in [3.63, 3.8) is 0 Å². The lowest BCUT2D eigenvalue weighted by molar-refractivity contribution is 0.867. The Morgan fingerprint density at radius 3 is 2.35 bits per heavy atom. The van der Waals surface area contributed by atoms with Crippen molar-refractivity contribution in [2.75, 3.05) is 0 Å². The Kier molecular flexibility index (Phi) is 3.57. The number of rotatable bonds is 2. The number of thiophene rings is 1. The van der Waals surface area contributed by atoms with Crippen molar-refractivity contribution in [2.24, 2.45) is 5.73 Å². The minimum atomic E-state index is -0.0858. The Labute approximate surface area is 111 Å². The number of aryl methyl sites for hydroxylation is 3. The Morgan fingerprint density at radius 2 is 1.82 bits per heavy atom. The second-order valence-corrected chi connectivity index (χ2v) is 6.31. The number of nitrogens with two attached hydrogens (primary N) is 1. The fourth-order valence-corrected chi connectivity index (χ4v) is 3.35. The number of halogens is 1. The van der Waals surface area contributed by atoms with Gasteiger partial charge in [-0.1, -0.05) is 17.7 Å². The van der Waals surface area contributed by atoms with Gasteiger partial charge in [0.1, 0.15) is 0 Å². The topological polar surface area (TPSA) is 26.0 Å². The van der Waals surface area contributed by atoms with E-state index >= 15 is 0 Å². The first kappa shape index (κ1) is 12.6. The van der Waals surface area contributed by atoms with Gasteiger partial charge in [-0.15, -0.1) is 11.3 Å². The predicted molar refractivity (Wildman–Crippen MR) is 76.0 cm³/mol. The van der Waals surface area contributed by atoms with Crippen molar-refractivity contribution >= 4 is 22.9 Å². The van der Waals surface area contributed by atoms with Crippen molar-refractivity contribution in [2.45, 2.75) is 26.8 Å². The third-order valence-corrected chi connectivity index (χ3v) is 4.04. The lowest BCUT2D eigenvalue weighted by Gasteiger charge is -2.13. The molecule has 0 amide bonds. The van der Waals surface area contributed by atoms with Crippen molar-refractivity contribution < 1.29 is 0 Å². The predicted octanol–water partition coefficient (Wildman–Crippen LogP) is 4.37. The smallest absolute Gasteiger partial charge is 0.0563 e. The molecule has 1 aromatic carbocycles. The number of hydrogen-bond acceptors (Lipinski definition) is 2. The zero-order chi connectivity index (χ0) is 12.6. The summed E-state index contributed by atoms with van der Waals surface area (Å²) in [5.74, 6) is 0. The van der Waals surface area contributed by atoms with Crippen molar-refractivity contribution in [3.05, 3.63) is 55.7 Å². The van der Waals surface area contributed by atoms with Crippen LogP contribution in [0.1, 0.15) is 32.5 Å². The van der Waals surface area contributed by atoms with E-state index in [1.807, 2.05) is 19.1 Å². The van der Waals surface area contributed by atoms with Crippen LogP contribution < -0.4 is 5.73 Å². The Bertz CT molecular complexity index is 525. The number of benzene rings is 1. The second kappa shape index (κ2) is 4.81. The van der Waals surface area contributed by atoms with Crippen molar-refractivity contribution in [1.29, 1.82) is 0 Å².